The summed E-state index contributed by atoms with van der Waals surface area (Å²) in [6.07, 6.45) is -1.02. The monoisotopic (exact) mass is 485 g/mol. The van der Waals surface area contributed by atoms with Crippen LogP contribution >= 0.6 is 0 Å². The van der Waals surface area contributed by atoms with Gasteiger partial charge < -0.3 is 20.5 Å². The number of amidine groups is 1. The number of amides is 2. The fourth-order valence-corrected chi connectivity index (χ4v) is 3.80. The summed E-state index contributed by atoms with van der Waals surface area (Å²) < 4.78 is 4.72. The SMILES string of the molecule is COC(=O)[C@@](C)(O)N[C@@H]1Nc2ccccc2C(c2ccccc2)=NC1=NC(=O)Nc1cccc(C)c1. The Bertz CT molecular complexity index is 1330. The number of aliphatic imine (C=N–C) groups is 2. The molecule has 1 aliphatic rings. The Labute approximate surface area is 208 Å². The number of hydrogen-bond acceptors (Lipinski definition) is 6. The second-order valence-electron chi connectivity index (χ2n) is 8.43. The summed E-state index contributed by atoms with van der Waals surface area (Å²) >= 11 is 0. The van der Waals surface area contributed by atoms with E-state index in [-0.39, 0.29) is 5.84 Å². The van der Waals surface area contributed by atoms with Crippen molar-refractivity contribution in [3.63, 3.8) is 0 Å². The quantitative estimate of drug-likeness (QED) is 0.323. The van der Waals surface area contributed by atoms with E-state index in [4.69, 9.17) is 9.73 Å². The number of carbonyl (C=O) groups excluding carboxylic acids is 2. The third-order valence-electron chi connectivity index (χ3n) is 5.51. The largest absolute Gasteiger partial charge is 0.466 e. The fourth-order valence-electron chi connectivity index (χ4n) is 3.80. The van der Waals surface area contributed by atoms with Crippen LogP contribution in [0.5, 0.6) is 0 Å². The molecule has 0 bridgehead atoms. The van der Waals surface area contributed by atoms with Gasteiger partial charge in [0, 0.05) is 22.5 Å². The molecule has 0 aromatic heterocycles. The first kappa shape index (κ1) is 24.8. The Hall–Kier alpha value is -4.34. The Morgan fingerprint density at radius 3 is 2.50 bits per heavy atom. The van der Waals surface area contributed by atoms with Gasteiger partial charge in [-0.1, -0.05) is 60.7 Å². The van der Waals surface area contributed by atoms with Crippen LogP contribution in [0, 0.1) is 6.92 Å². The first-order chi connectivity index (χ1) is 17.3. The molecule has 3 aromatic rings. The molecule has 1 aliphatic heterocycles. The highest BCUT2D eigenvalue weighted by Crippen LogP contribution is 2.25. The topological polar surface area (TPSA) is 124 Å². The van der Waals surface area contributed by atoms with Gasteiger partial charge in [0.05, 0.1) is 12.8 Å². The minimum atomic E-state index is -2.10. The number of nitrogens with zero attached hydrogens (tertiary/aromatic N) is 2. The maximum absolute atomic E-state index is 12.9. The number of methoxy groups -OCH3 is 1. The lowest BCUT2D eigenvalue weighted by atomic mass is 10.0. The summed E-state index contributed by atoms with van der Waals surface area (Å²) in [5.74, 6) is -0.892. The Kier molecular flexibility index (Phi) is 7.23. The molecular formula is C27H27N5O4. The van der Waals surface area contributed by atoms with Gasteiger partial charge in [0.2, 0.25) is 5.72 Å². The molecule has 2 amide bonds. The third-order valence-corrected chi connectivity index (χ3v) is 5.51. The molecule has 4 N–H and O–H groups in total. The number of carbonyl (C=O) groups is 2. The summed E-state index contributed by atoms with van der Waals surface area (Å²) in [4.78, 5) is 34.1. The van der Waals surface area contributed by atoms with E-state index in [0.29, 0.717) is 17.1 Å². The van der Waals surface area contributed by atoms with Gasteiger partial charge in [-0.3, -0.25) is 5.32 Å². The molecule has 0 radical (unpaired) electrons. The molecular weight excluding hydrogens is 458 g/mol. The van der Waals surface area contributed by atoms with Crippen LogP contribution in [-0.2, 0) is 9.53 Å². The van der Waals surface area contributed by atoms with Crippen molar-refractivity contribution in [2.45, 2.75) is 25.7 Å². The van der Waals surface area contributed by atoms with Crippen LogP contribution in [0.25, 0.3) is 0 Å². The van der Waals surface area contributed by atoms with E-state index in [0.717, 1.165) is 16.7 Å². The van der Waals surface area contributed by atoms with Crippen molar-refractivity contribution in [2.75, 3.05) is 17.7 Å². The summed E-state index contributed by atoms with van der Waals surface area (Å²) in [6, 6.07) is 23.6. The van der Waals surface area contributed by atoms with Crippen LogP contribution in [-0.4, -0.2) is 47.7 Å². The first-order valence-corrected chi connectivity index (χ1v) is 11.3. The average Bonchev–Trinajstić information content (AvgIpc) is 3.00. The van der Waals surface area contributed by atoms with Gasteiger partial charge in [0.25, 0.3) is 0 Å². The Morgan fingerprint density at radius 2 is 1.78 bits per heavy atom. The van der Waals surface area contributed by atoms with E-state index in [1.54, 1.807) is 6.07 Å². The zero-order valence-electron chi connectivity index (χ0n) is 20.1. The molecule has 0 saturated heterocycles. The highest BCUT2D eigenvalue weighted by atomic mass is 16.5. The van der Waals surface area contributed by atoms with Crippen LogP contribution in [0.15, 0.2) is 88.8 Å². The van der Waals surface area contributed by atoms with E-state index in [1.807, 2.05) is 79.7 Å². The number of aliphatic hydroxyl groups is 1. The number of para-hydroxylation sites is 1. The number of rotatable bonds is 5. The molecule has 1 heterocycles. The second kappa shape index (κ2) is 10.5. The lowest BCUT2D eigenvalue weighted by Crippen LogP contribution is -2.58. The second-order valence-corrected chi connectivity index (χ2v) is 8.43. The number of fused-ring (bicyclic) bond motifs is 1. The molecule has 36 heavy (non-hydrogen) atoms. The number of benzodiazepines with no additional fused rings is 1. The van der Waals surface area contributed by atoms with Crippen molar-refractivity contribution in [3.05, 3.63) is 95.6 Å². The van der Waals surface area contributed by atoms with Gasteiger partial charge in [-0.2, -0.15) is 4.99 Å². The van der Waals surface area contributed by atoms with Gasteiger partial charge in [-0.15, -0.1) is 0 Å². The number of aryl methyl sites for hydroxylation is 1. The molecule has 0 spiro atoms. The van der Waals surface area contributed by atoms with Crippen LogP contribution in [0.4, 0.5) is 16.2 Å². The summed E-state index contributed by atoms with van der Waals surface area (Å²) in [5, 5.41) is 19.5. The summed E-state index contributed by atoms with van der Waals surface area (Å²) in [7, 11) is 1.17. The minimum absolute atomic E-state index is 0.0133. The first-order valence-electron chi connectivity index (χ1n) is 11.3. The molecule has 0 unspecified atom stereocenters. The molecule has 9 nitrogen and oxygen atoms in total. The molecule has 184 valence electrons. The fraction of sp³-hybridized carbons (Fsp3) is 0.185. The molecule has 2 atom stereocenters. The molecule has 0 aliphatic carbocycles. The van der Waals surface area contributed by atoms with Crippen LogP contribution < -0.4 is 16.0 Å². The zero-order chi connectivity index (χ0) is 25.7. The van der Waals surface area contributed by atoms with Gasteiger partial charge in [0.15, 0.2) is 5.84 Å². The summed E-state index contributed by atoms with van der Waals surface area (Å²) in [5.41, 5.74) is 2.27. The van der Waals surface area contributed by atoms with E-state index in [1.165, 1.54) is 14.0 Å². The van der Waals surface area contributed by atoms with Crippen molar-refractivity contribution in [2.24, 2.45) is 9.98 Å². The van der Waals surface area contributed by atoms with Gasteiger partial charge in [-0.05, 0) is 37.6 Å². The highest BCUT2D eigenvalue weighted by molar-refractivity contribution is 6.22. The van der Waals surface area contributed by atoms with Crippen molar-refractivity contribution in [3.8, 4) is 0 Å². The predicted molar refractivity (Wildman–Crippen MR) is 139 cm³/mol. The van der Waals surface area contributed by atoms with Crippen molar-refractivity contribution in [1.29, 1.82) is 0 Å². The number of esters is 1. The van der Waals surface area contributed by atoms with Crippen molar-refractivity contribution < 1.29 is 19.4 Å². The third kappa shape index (κ3) is 5.65. The van der Waals surface area contributed by atoms with Gasteiger partial charge >= 0.3 is 12.0 Å². The smallest absolute Gasteiger partial charge is 0.353 e. The van der Waals surface area contributed by atoms with Crippen LogP contribution in [0.1, 0.15) is 23.6 Å². The summed E-state index contributed by atoms with van der Waals surface area (Å²) in [6.45, 7) is 3.17. The lowest BCUT2D eigenvalue weighted by molar-refractivity contribution is -0.164. The minimum Gasteiger partial charge on any atom is -0.466 e. The van der Waals surface area contributed by atoms with Crippen molar-refractivity contribution >= 4 is 34.9 Å². The van der Waals surface area contributed by atoms with Gasteiger partial charge in [-0.25, -0.2) is 14.6 Å². The highest BCUT2D eigenvalue weighted by Gasteiger charge is 2.37. The standard InChI is InChI=1S/C27H27N5O4/c1-17-10-9-13-19(16-17)28-26(34)31-23-24(32-27(2,35)25(33)36-3)29-21-15-8-7-14-20(21)22(30-23)18-11-5-4-6-12-18/h4-16,24,29,32,35H,1-3H3,(H,28,34)/t24-,27+/m0/s1. The molecule has 0 fully saturated rings. The van der Waals surface area contributed by atoms with Crippen molar-refractivity contribution in [1.82, 2.24) is 5.32 Å². The number of anilines is 2. The zero-order valence-corrected chi connectivity index (χ0v) is 20.1. The number of benzene rings is 3. The Balaban J connectivity index is 1.81. The molecule has 9 heteroatoms. The van der Waals surface area contributed by atoms with E-state index >= 15 is 0 Å². The Morgan fingerprint density at radius 1 is 1.06 bits per heavy atom. The van der Waals surface area contributed by atoms with Crippen LogP contribution in [0.3, 0.4) is 0 Å². The normalized spacial score (nSPS) is 17.6. The van der Waals surface area contributed by atoms with E-state index in [2.05, 4.69) is 20.9 Å². The maximum Gasteiger partial charge on any atom is 0.353 e. The average molecular weight is 486 g/mol. The number of nitrogens with one attached hydrogen (secondary N) is 3. The van der Waals surface area contributed by atoms with Crippen LogP contribution in [0.2, 0.25) is 0 Å². The molecule has 0 saturated carbocycles. The number of urea groups is 1. The number of hydrogen-bond donors (Lipinski definition) is 4. The van der Waals surface area contributed by atoms with E-state index < -0.39 is 23.9 Å². The van der Waals surface area contributed by atoms with Gasteiger partial charge in [0.1, 0.15) is 6.17 Å². The molecule has 4 rings (SSSR count). The lowest BCUT2D eigenvalue weighted by Gasteiger charge is -2.28. The molecule has 3 aromatic carbocycles. The van der Waals surface area contributed by atoms with E-state index in [9.17, 15) is 14.7 Å². The number of ether oxygens (including phenoxy) is 1. The predicted octanol–water partition coefficient (Wildman–Crippen LogP) is 3.69. The maximum atomic E-state index is 12.9.